The first-order valence-electron chi connectivity index (χ1n) is 7.04. The topological polar surface area (TPSA) is 54.5 Å². The summed E-state index contributed by atoms with van der Waals surface area (Å²) < 4.78 is 1.66. The van der Waals surface area contributed by atoms with Crippen molar-refractivity contribution in [3.05, 3.63) is 76.8 Å². The van der Waals surface area contributed by atoms with Gasteiger partial charge < -0.3 is 0 Å². The highest BCUT2D eigenvalue weighted by Gasteiger charge is 2.14. The number of allylic oxidation sites excluding steroid dienone is 1. The number of aryl methyl sites for hydroxylation is 1. The summed E-state index contributed by atoms with van der Waals surface area (Å²) in [6.07, 6.45) is 3.38. The zero-order valence-electron chi connectivity index (χ0n) is 12.4. The van der Waals surface area contributed by atoms with Gasteiger partial charge in [0.25, 0.3) is 0 Å². The van der Waals surface area contributed by atoms with Crippen molar-refractivity contribution in [1.82, 2.24) is 14.8 Å². The smallest absolute Gasteiger partial charge is 0.140 e. The number of aromatic nitrogens is 3. The van der Waals surface area contributed by atoms with Crippen molar-refractivity contribution in [2.24, 2.45) is 0 Å². The van der Waals surface area contributed by atoms with Crippen molar-refractivity contribution in [1.29, 1.82) is 5.26 Å². The Kier molecular flexibility index (Phi) is 4.22. The number of pyridine rings is 1. The number of halogens is 1. The standard InChI is InChI=1S/C18H13ClN4/c1-13-16(11-14(12-20)17-9-5-6-10-21-17)18(19)23(22-13)15-7-3-2-4-8-15/h2-11H,1H3/b14-11-. The fourth-order valence-electron chi connectivity index (χ4n) is 2.25. The monoisotopic (exact) mass is 320 g/mol. The second-order valence-electron chi connectivity index (χ2n) is 4.92. The van der Waals surface area contributed by atoms with Crippen molar-refractivity contribution in [3.63, 3.8) is 0 Å². The summed E-state index contributed by atoms with van der Waals surface area (Å²) in [5.74, 6) is 0. The Hall–Kier alpha value is -2.90. The van der Waals surface area contributed by atoms with Gasteiger partial charge >= 0.3 is 0 Å². The third-order valence-electron chi connectivity index (χ3n) is 3.40. The van der Waals surface area contributed by atoms with E-state index in [2.05, 4.69) is 16.2 Å². The van der Waals surface area contributed by atoms with Gasteiger partial charge in [-0.2, -0.15) is 10.4 Å². The highest BCUT2D eigenvalue weighted by atomic mass is 35.5. The molecule has 0 aliphatic carbocycles. The van der Waals surface area contributed by atoms with Crippen LogP contribution < -0.4 is 0 Å². The minimum absolute atomic E-state index is 0.447. The van der Waals surface area contributed by atoms with Crippen LogP contribution in [0.25, 0.3) is 17.3 Å². The molecule has 0 saturated heterocycles. The molecule has 0 amide bonds. The van der Waals surface area contributed by atoms with Crippen LogP contribution in [-0.4, -0.2) is 14.8 Å². The first-order chi connectivity index (χ1) is 11.2. The van der Waals surface area contributed by atoms with E-state index in [4.69, 9.17) is 11.6 Å². The quantitative estimate of drug-likeness (QED) is 0.676. The molecule has 0 N–H and O–H groups in total. The van der Waals surface area contributed by atoms with E-state index >= 15 is 0 Å². The van der Waals surface area contributed by atoms with E-state index in [0.29, 0.717) is 16.4 Å². The number of nitrogens with zero attached hydrogens (tertiary/aromatic N) is 4. The molecular formula is C18H13ClN4. The molecule has 0 unspecified atom stereocenters. The molecule has 23 heavy (non-hydrogen) atoms. The van der Waals surface area contributed by atoms with Crippen molar-refractivity contribution in [2.75, 3.05) is 0 Å². The Labute approximate surface area is 139 Å². The van der Waals surface area contributed by atoms with Gasteiger partial charge in [0, 0.05) is 11.8 Å². The molecule has 112 valence electrons. The van der Waals surface area contributed by atoms with Crippen LogP contribution in [0.1, 0.15) is 17.0 Å². The Morgan fingerprint density at radius 3 is 2.57 bits per heavy atom. The molecular weight excluding hydrogens is 308 g/mol. The van der Waals surface area contributed by atoms with Gasteiger partial charge in [0.1, 0.15) is 11.2 Å². The number of hydrogen-bond donors (Lipinski definition) is 0. The van der Waals surface area contributed by atoms with Gasteiger partial charge in [-0.1, -0.05) is 35.9 Å². The summed E-state index contributed by atoms with van der Waals surface area (Å²) in [6.45, 7) is 1.87. The lowest BCUT2D eigenvalue weighted by molar-refractivity contribution is 0.863. The molecule has 1 aromatic carbocycles. The summed E-state index contributed by atoms with van der Waals surface area (Å²) in [6, 6.07) is 17.3. The van der Waals surface area contributed by atoms with Gasteiger partial charge in [0.05, 0.1) is 22.6 Å². The number of nitriles is 1. The number of para-hydroxylation sites is 1. The Balaban J connectivity index is 2.09. The average molecular weight is 321 g/mol. The number of rotatable bonds is 3. The maximum Gasteiger partial charge on any atom is 0.140 e. The number of hydrogen-bond acceptors (Lipinski definition) is 3. The lowest BCUT2D eigenvalue weighted by atomic mass is 10.1. The van der Waals surface area contributed by atoms with Gasteiger partial charge in [-0.15, -0.1) is 0 Å². The lowest BCUT2D eigenvalue weighted by Gasteiger charge is -2.02. The molecule has 5 heteroatoms. The Morgan fingerprint density at radius 1 is 1.17 bits per heavy atom. The van der Waals surface area contributed by atoms with Crippen LogP contribution in [0.5, 0.6) is 0 Å². The Bertz CT molecular complexity index is 890. The van der Waals surface area contributed by atoms with Crippen LogP contribution in [0.2, 0.25) is 5.15 Å². The van der Waals surface area contributed by atoms with Gasteiger partial charge in [-0.25, -0.2) is 4.68 Å². The van der Waals surface area contributed by atoms with Crippen molar-refractivity contribution < 1.29 is 0 Å². The summed E-state index contributed by atoms with van der Waals surface area (Å²) in [4.78, 5) is 4.21. The molecule has 0 bridgehead atoms. The third-order valence-corrected chi connectivity index (χ3v) is 3.76. The van der Waals surface area contributed by atoms with Crippen molar-refractivity contribution in [2.45, 2.75) is 6.92 Å². The average Bonchev–Trinajstić information content (AvgIpc) is 2.88. The molecule has 0 spiro atoms. The highest BCUT2D eigenvalue weighted by Crippen LogP contribution is 2.27. The summed E-state index contributed by atoms with van der Waals surface area (Å²) >= 11 is 6.48. The maximum atomic E-state index is 9.42. The fraction of sp³-hybridized carbons (Fsp3) is 0.0556. The summed E-state index contributed by atoms with van der Waals surface area (Å²) in [5.41, 5.74) is 3.40. The summed E-state index contributed by atoms with van der Waals surface area (Å²) in [7, 11) is 0. The van der Waals surface area contributed by atoms with E-state index in [1.807, 2.05) is 49.4 Å². The fourth-order valence-corrected chi connectivity index (χ4v) is 2.57. The summed E-state index contributed by atoms with van der Waals surface area (Å²) in [5, 5.41) is 14.4. The predicted molar refractivity (Wildman–Crippen MR) is 91.0 cm³/mol. The van der Waals surface area contributed by atoms with Crippen molar-refractivity contribution in [3.8, 4) is 11.8 Å². The third kappa shape index (κ3) is 3.01. The van der Waals surface area contributed by atoms with E-state index in [-0.39, 0.29) is 0 Å². The van der Waals surface area contributed by atoms with E-state index in [9.17, 15) is 5.26 Å². The maximum absolute atomic E-state index is 9.42. The van der Waals surface area contributed by atoms with Gasteiger partial charge in [-0.3, -0.25) is 4.98 Å². The van der Waals surface area contributed by atoms with Crippen LogP contribution >= 0.6 is 11.6 Å². The lowest BCUT2D eigenvalue weighted by Crippen LogP contribution is -1.95. The van der Waals surface area contributed by atoms with E-state index < -0.39 is 0 Å². The molecule has 0 atom stereocenters. The van der Waals surface area contributed by atoms with Crippen LogP contribution in [0.15, 0.2) is 54.7 Å². The predicted octanol–water partition coefficient (Wildman–Crippen LogP) is 4.29. The molecule has 2 heterocycles. The van der Waals surface area contributed by atoms with Crippen LogP contribution in [-0.2, 0) is 0 Å². The van der Waals surface area contributed by atoms with Crippen LogP contribution in [0.3, 0.4) is 0 Å². The molecule has 0 saturated carbocycles. The molecule has 3 rings (SSSR count). The van der Waals surface area contributed by atoms with Crippen molar-refractivity contribution >= 4 is 23.3 Å². The van der Waals surface area contributed by atoms with E-state index in [1.165, 1.54) is 0 Å². The molecule has 0 radical (unpaired) electrons. The van der Waals surface area contributed by atoms with Gasteiger partial charge in [0.2, 0.25) is 0 Å². The van der Waals surface area contributed by atoms with Gasteiger partial charge in [-0.05, 0) is 37.3 Å². The first kappa shape index (κ1) is 15.0. The molecule has 3 aromatic rings. The van der Waals surface area contributed by atoms with Gasteiger partial charge in [0.15, 0.2) is 0 Å². The Morgan fingerprint density at radius 2 is 1.91 bits per heavy atom. The molecule has 4 nitrogen and oxygen atoms in total. The van der Waals surface area contributed by atoms with Crippen LogP contribution in [0, 0.1) is 18.3 Å². The molecule has 0 aliphatic rings. The first-order valence-corrected chi connectivity index (χ1v) is 7.42. The van der Waals surface area contributed by atoms with Crippen LogP contribution in [0.4, 0.5) is 0 Å². The normalized spacial score (nSPS) is 11.3. The molecule has 2 aromatic heterocycles. The number of benzene rings is 1. The second-order valence-corrected chi connectivity index (χ2v) is 5.28. The zero-order chi connectivity index (χ0) is 16.2. The minimum atomic E-state index is 0.447. The van der Waals surface area contributed by atoms with E-state index in [1.54, 1.807) is 23.0 Å². The minimum Gasteiger partial charge on any atom is -0.256 e. The molecule has 0 aliphatic heterocycles. The largest absolute Gasteiger partial charge is 0.256 e. The van der Waals surface area contributed by atoms with E-state index in [0.717, 1.165) is 16.9 Å². The molecule has 0 fully saturated rings. The SMILES string of the molecule is Cc1nn(-c2ccccc2)c(Cl)c1/C=C(/C#N)c1ccccn1. The highest BCUT2D eigenvalue weighted by molar-refractivity contribution is 6.31. The second kappa shape index (κ2) is 6.47. The zero-order valence-corrected chi connectivity index (χ0v) is 13.2.